The average Bonchev–Trinajstić information content (AvgIpc) is 2.88. The summed E-state index contributed by atoms with van der Waals surface area (Å²) in [6.45, 7) is 2.74. The number of ether oxygens (including phenoxy) is 1. The molecule has 0 fully saturated rings. The number of carboxylic acid groups (broad SMARTS) is 1. The maximum atomic E-state index is 10.7. The predicted octanol–water partition coefficient (Wildman–Crippen LogP) is 2.68. The third-order valence-electron chi connectivity index (χ3n) is 3.09. The number of rotatable bonds is 7. The van der Waals surface area contributed by atoms with Gasteiger partial charge in [-0.2, -0.15) is 0 Å². The van der Waals surface area contributed by atoms with E-state index in [0.717, 1.165) is 28.6 Å². The Kier molecular flexibility index (Phi) is 5.27. The number of methoxy groups -OCH3 is 1. The zero-order valence-electron chi connectivity index (χ0n) is 12.1. The first-order valence-electron chi connectivity index (χ1n) is 6.66. The summed E-state index contributed by atoms with van der Waals surface area (Å²) >= 11 is 1.25. The predicted molar refractivity (Wildman–Crippen MR) is 82.1 cm³/mol. The van der Waals surface area contributed by atoms with Crippen molar-refractivity contribution in [3.8, 4) is 5.75 Å². The molecule has 0 radical (unpaired) electrons. The number of carbonyl (C=O) groups is 1. The molecule has 0 aliphatic rings. The molecule has 0 saturated heterocycles. The Morgan fingerprint density at radius 3 is 2.67 bits per heavy atom. The molecule has 1 heterocycles. The lowest BCUT2D eigenvalue weighted by molar-refractivity contribution is -0.133. The molecule has 21 heavy (non-hydrogen) atoms. The second-order valence-corrected chi connectivity index (χ2v) is 5.44. The molecule has 2 aromatic rings. The summed E-state index contributed by atoms with van der Waals surface area (Å²) < 4.78 is 7.21. The van der Waals surface area contributed by atoms with Crippen LogP contribution >= 0.6 is 11.8 Å². The van der Waals surface area contributed by atoms with Gasteiger partial charge in [0.15, 0.2) is 5.16 Å². The van der Waals surface area contributed by atoms with Crippen molar-refractivity contribution < 1.29 is 14.6 Å². The highest BCUT2D eigenvalue weighted by Crippen LogP contribution is 2.21. The minimum absolute atomic E-state index is 0.0166. The maximum Gasteiger partial charge on any atom is 0.313 e. The summed E-state index contributed by atoms with van der Waals surface area (Å²) in [6.07, 6.45) is 2.67. The van der Waals surface area contributed by atoms with Crippen LogP contribution in [0, 0.1) is 0 Å². The van der Waals surface area contributed by atoms with Gasteiger partial charge in [-0.25, -0.2) is 4.98 Å². The Morgan fingerprint density at radius 2 is 2.10 bits per heavy atom. The van der Waals surface area contributed by atoms with Crippen molar-refractivity contribution in [1.82, 2.24) is 9.55 Å². The largest absolute Gasteiger partial charge is 0.497 e. The smallest absolute Gasteiger partial charge is 0.313 e. The Morgan fingerprint density at radius 1 is 1.38 bits per heavy atom. The van der Waals surface area contributed by atoms with Crippen molar-refractivity contribution in [2.24, 2.45) is 0 Å². The van der Waals surface area contributed by atoms with Gasteiger partial charge in [-0.15, -0.1) is 0 Å². The summed E-state index contributed by atoms with van der Waals surface area (Å²) in [5, 5.41) is 9.55. The van der Waals surface area contributed by atoms with Crippen LogP contribution in [0.25, 0.3) is 0 Å². The summed E-state index contributed by atoms with van der Waals surface area (Å²) in [4.78, 5) is 15.0. The van der Waals surface area contributed by atoms with E-state index in [1.807, 2.05) is 30.5 Å². The van der Waals surface area contributed by atoms with Crippen molar-refractivity contribution in [3.63, 3.8) is 0 Å². The fourth-order valence-corrected chi connectivity index (χ4v) is 2.72. The van der Waals surface area contributed by atoms with Gasteiger partial charge in [0.25, 0.3) is 0 Å². The molecule has 0 spiro atoms. The first kappa shape index (κ1) is 15.4. The molecule has 6 heteroatoms. The number of thioether (sulfide) groups is 1. The van der Waals surface area contributed by atoms with E-state index in [1.54, 1.807) is 7.11 Å². The fourth-order valence-electron chi connectivity index (χ4n) is 2.00. The number of benzene rings is 1. The van der Waals surface area contributed by atoms with Crippen LogP contribution < -0.4 is 4.74 Å². The highest BCUT2D eigenvalue weighted by atomic mass is 32.2. The Labute approximate surface area is 128 Å². The number of aryl methyl sites for hydroxylation is 1. The van der Waals surface area contributed by atoms with E-state index in [1.165, 1.54) is 11.8 Å². The van der Waals surface area contributed by atoms with E-state index in [9.17, 15) is 4.79 Å². The van der Waals surface area contributed by atoms with Gasteiger partial charge in [0, 0.05) is 18.4 Å². The van der Waals surface area contributed by atoms with Crippen molar-refractivity contribution in [1.29, 1.82) is 0 Å². The maximum absolute atomic E-state index is 10.7. The minimum atomic E-state index is -0.836. The molecule has 0 saturated carbocycles. The second-order valence-electron chi connectivity index (χ2n) is 4.50. The first-order valence-corrected chi connectivity index (χ1v) is 7.64. The lowest BCUT2D eigenvalue weighted by atomic mass is 10.2. The van der Waals surface area contributed by atoms with Gasteiger partial charge in [-0.1, -0.05) is 30.8 Å². The Bertz CT molecular complexity index is 608. The normalized spacial score (nSPS) is 10.6. The van der Waals surface area contributed by atoms with Gasteiger partial charge in [0.05, 0.1) is 12.9 Å². The molecule has 1 aromatic heterocycles. The van der Waals surface area contributed by atoms with E-state index < -0.39 is 5.97 Å². The van der Waals surface area contributed by atoms with Gasteiger partial charge < -0.3 is 14.4 Å². The number of hydrogen-bond donors (Lipinski definition) is 1. The number of aliphatic carboxylic acids is 1. The standard InChI is InChI=1S/C15H18N2O3S/c1-3-12-8-16-15(21-10-14(18)19)17(12)9-11-4-6-13(20-2)7-5-11/h4-8H,3,9-10H2,1-2H3,(H,18,19). The molecule has 1 N–H and O–H groups in total. The summed E-state index contributed by atoms with van der Waals surface area (Å²) in [7, 11) is 1.64. The lowest BCUT2D eigenvalue weighted by Gasteiger charge is -2.11. The number of hydrogen-bond acceptors (Lipinski definition) is 4. The first-order chi connectivity index (χ1) is 10.1. The van der Waals surface area contributed by atoms with Crippen LogP contribution in [0.4, 0.5) is 0 Å². The third kappa shape index (κ3) is 4.01. The monoisotopic (exact) mass is 306 g/mol. The van der Waals surface area contributed by atoms with Crippen molar-refractivity contribution in [2.75, 3.05) is 12.9 Å². The molecule has 0 amide bonds. The molecule has 0 unspecified atom stereocenters. The Hall–Kier alpha value is -1.95. The van der Waals surface area contributed by atoms with Crippen molar-refractivity contribution in [2.45, 2.75) is 25.0 Å². The van der Waals surface area contributed by atoms with Crippen LogP contribution in [0.15, 0.2) is 35.6 Å². The van der Waals surface area contributed by atoms with Crippen LogP contribution in [-0.2, 0) is 17.8 Å². The molecule has 0 atom stereocenters. The molecule has 0 bridgehead atoms. The molecular weight excluding hydrogens is 288 g/mol. The number of nitrogens with zero attached hydrogens (tertiary/aromatic N) is 2. The van der Waals surface area contributed by atoms with Crippen LogP contribution in [0.5, 0.6) is 5.75 Å². The van der Waals surface area contributed by atoms with Gasteiger partial charge in [-0.05, 0) is 24.1 Å². The third-order valence-corrected chi connectivity index (χ3v) is 4.06. The van der Waals surface area contributed by atoms with Gasteiger partial charge in [0.2, 0.25) is 0 Å². The van der Waals surface area contributed by atoms with Crippen LogP contribution in [0.3, 0.4) is 0 Å². The van der Waals surface area contributed by atoms with Crippen LogP contribution in [0.2, 0.25) is 0 Å². The summed E-state index contributed by atoms with van der Waals surface area (Å²) in [6, 6.07) is 7.84. The number of aromatic nitrogens is 2. The second kappa shape index (κ2) is 7.17. The molecule has 5 nitrogen and oxygen atoms in total. The molecule has 1 aromatic carbocycles. The molecule has 0 aliphatic heterocycles. The zero-order chi connectivity index (χ0) is 15.2. The fraction of sp³-hybridized carbons (Fsp3) is 0.333. The van der Waals surface area contributed by atoms with Crippen LogP contribution in [0.1, 0.15) is 18.2 Å². The Balaban J connectivity index is 2.19. The van der Waals surface area contributed by atoms with Crippen LogP contribution in [-0.4, -0.2) is 33.5 Å². The zero-order valence-corrected chi connectivity index (χ0v) is 12.9. The van der Waals surface area contributed by atoms with E-state index in [4.69, 9.17) is 9.84 Å². The molecule has 112 valence electrons. The van der Waals surface area contributed by atoms with E-state index in [0.29, 0.717) is 6.54 Å². The number of carboxylic acids is 1. The summed E-state index contributed by atoms with van der Waals surface area (Å²) in [5.74, 6) is 0.000552. The summed E-state index contributed by atoms with van der Waals surface area (Å²) in [5.41, 5.74) is 2.22. The van der Waals surface area contributed by atoms with Gasteiger partial charge in [-0.3, -0.25) is 4.79 Å². The van der Waals surface area contributed by atoms with Crippen molar-refractivity contribution in [3.05, 3.63) is 41.7 Å². The van der Waals surface area contributed by atoms with E-state index in [2.05, 4.69) is 16.5 Å². The number of imidazole rings is 1. The minimum Gasteiger partial charge on any atom is -0.497 e. The van der Waals surface area contributed by atoms with E-state index in [-0.39, 0.29) is 5.75 Å². The topological polar surface area (TPSA) is 64.3 Å². The quantitative estimate of drug-likeness (QED) is 0.797. The highest BCUT2D eigenvalue weighted by Gasteiger charge is 2.11. The van der Waals surface area contributed by atoms with Gasteiger partial charge >= 0.3 is 5.97 Å². The SMILES string of the molecule is CCc1cnc(SCC(=O)O)n1Cc1ccc(OC)cc1. The average molecular weight is 306 g/mol. The molecule has 0 aliphatic carbocycles. The highest BCUT2D eigenvalue weighted by molar-refractivity contribution is 7.99. The van der Waals surface area contributed by atoms with E-state index >= 15 is 0 Å². The van der Waals surface area contributed by atoms with Crippen molar-refractivity contribution >= 4 is 17.7 Å². The lowest BCUT2D eigenvalue weighted by Crippen LogP contribution is -2.07. The molecular formula is C15H18N2O3S. The molecule has 2 rings (SSSR count). The van der Waals surface area contributed by atoms with Gasteiger partial charge in [0.1, 0.15) is 5.75 Å².